The molecule has 2 aromatic rings. The Hall–Kier alpha value is -2.36. The molecular weight excluding hydrogens is 257 g/mol. The first-order valence-corrected chi connectivity index (χ1v) is 6.30. The van der Waals surface area contributed by atoms with Gasteiger partial charge in [-0.1, -0.05) is 18.2 Å². The largest absolute Gasteiger partial charge is 0.484 e. The quantitative estimate of drug-likeness (QED) is 0.926. The van der Waals surface area contributed by atoms with Crippen molar-refractivity contribution < 1.29 is 13.9 Å². The molecule has 0 aliphatic rings. The van der Waals surface area contributed by atoms with E-state index in [1.165, 1.54) is 12.1 Å². The smallest absolute Gasteiger partial charge is 0.262 e. The van der Waals surface area contributed by atoms with Gasteiger partial charge in [-0.3, -0.25) is 4.79 Å². The molecule has 0 aliphatic carbocycles. The highest BCUT2D eigenvalue weighted by molar-refractivity contribution is 5.91. The van der Waals surface area contributed by atoms with E-state index in [1.807, 2.05) is 32.0 Å². The van der Waals surface area contributed by atoms with E-state index in [0.29, 0.717) is 5.75 Å². The summed E-state index contributed by atoms with van der Waals surface area (Å²) in [7, 11) is 0. The average molecular weight is 273 g/mol. The average Bonchev–Trinajstić information content (AvgIpc) is 2.38. The zero-order valence-corrected chi connectivity index (χ0v) is 11.4. The second-order valence-corrected chi connectivity index (χ2v) is 4.64. The topological polar surface area (TPSA) is 38.3 Å². The minimum atomic E-state index is -0.466. The lowest BCUT2D eigenvalue weighted by Crippen LogP contribution is -2.20. The number of amides is 1. The number of hydrogen-bond acceptors (Lipinski definition) is 2. The lowest BCUT2D eigenvalue weighted by Gasteiger charge is -2.09. The summed E-state index contributed by atoms with van der Waals surface area (Å²) in [5.41, 5.74) is 2.28. The number of benzene rings is 2. The van der Waals surface area contributed by atoms with Crippen LogP contribution >= 0.6 is 0 Å². The molecule has 4 heteroatoms. The standard InChI is InChI=1S/C16H16FNO2/c1-11-7-12(2)9-13(8-11)20-10-16(19)18-15-6-4-3-5-14(15)17/h3-9H,10H2,1-2H3,(H,18,19). The van der Waals surface area contributed by atoms with Gasteiger partial charge in [0, 0.05) is 0 Å². The predicted octanol–water partition coefficient (Wildman–Crippen LogP) is 3.46. The fourth-order valence-electron chi connectivity index (χ4n) is 1.91. The van der Waals surface area contributed by atoms with Crippen LogP contribution < -0.4 is 10.1 Å². The molecule has 3 nitrogen and oxygen atoms in total. The second kappa shape index (κ2) is 6.19. The summed E-state index contributed by atoms with van der Waals surface area (Å²) in [5, 5.41) is 2.47. The van der Waals surface area contributed by atoms with Crippen LogP contribution in [0.15, 0.2) is 42.5 Å². The summed E-state index contributed by atoms with van der Waals surface area (Å²) >= 11 is 0. The predicted molar refractivity (Wildman–Crippen MR) is 76.4 cm³/mol. The molecule has 0 radical (unpaired) electrons. The van der Waals surface area contributed by atoms with Crippen LogP contribution in [-0.2, 0) is 4.79 Å². The van der Waals surface area contributed by atoms with Gasteiger partial charge < -0.3 is 10.1 Å². The Morgan fingerprint density at radius 1 is 1.15 bits per heavy atom. The maximum Gasteiger partial charge on any atom is 0.262 e. The Morgan fingerprint density at radius 2 is 1.80 bits per heavy atom. The minimum Gasteiger partial charge on any atom is -0.484 e. The molecule has 20 heavy (non-hydrogen) atoms. The van der Waals surface area contributed by atoms with Gasteiger partial charge in [0.1, 0.15) is 11.6 Å². The number of carbonyl (C=O) groups is 1. The first kappa shape index (κ1) is 14.1. The van der Waals surface area contributed by atoms with E-state index in [0.717, 1.165) is 11.1 Å². The van der Waals surface area contributed by atoms with Crippen LogP contribution in [0.1, 0.15) is 11.1 Å². The first-order chi connectivity index (χ1) is 9.54. The van der Waals surface area contributed by atoms with Crippen LogP contribution in [-0.4, -0.2) is 12.5 Å². The fraction of sp³-hybridized carbons (Fsp3) is 0.188. The van der Waals surface area contributed by atoms with Gasteiger partial charge in [-0.15, -0.1) is 0 Å². The van der Waals surface area contributed by atoms with Crippen LogP contribution in [0.4, 0.5) is 10.1 Å². The van der Waals surface area contributed by atoms with Crippen LogP contribution in [0.25, 0.3) is 0 Å². The van der Waals surface area contributed by atoms with Crippen molar-refractivity contribution in [3.8, 4) is 5.75 Å². The molecule has 0 bridgehead atoms. The lowest BCUT2D eigenvalue weighted by atomic mass is 10.1. The molecular formula is C16H16FNO2. The van der Waals surface area contributed by atoms with Gasteiger partial charge in [-0.2, -0.15) is 0 Å². The Balaban J connectivity index is 1.94. The van der Waals surface area contributed by atoms with Crippen molar-refractivity contribution in [1.82, 2.24) is 0 Å². The highest BCUT2D eigenvalue weighted by atomic mass is 19.1. The van der Waals surface area contributed by atoms with Crippen molar-refractivity contribution in [1.29, 1.82) is 0 Å². The number of nitrogens with one attached hydrogen (secondary N) is 1. The maximum absolute atomic E-state index is 13.4. The molecule has 1 amide bonds. The van der Waals surface area contributed by atoms with E-state index in [4.69, 9.17) is 4.74 Å². The third-order valence-electron chi connectivity index (χ3n) is 2.71. The SMILES string of the molecule is Cc1cc(C)cc(OCC(=O)Nc2ccccc2F)c1. The minimum absolute atomic E-state index is 0.154. The molecule has 0 unspecified atom stereocenters. The molecule has 2 aromatic carbocycles. The number of aryl methyl sites for hydroxylation is 2. The van der Waals surface area contributed by atoms with E-state index >= 15 is 0 Å². The van der Waals surface area contributed by atoms with Gasteiger partial charge in [0.25, 0.3) is 5.91 Å². The van der Waals surface area contributed by atoms with Gasteiger partial charge >= 0.3 is 0 Å². The van der Waals surface area contributed by atoms with Gasteiger partial charge in [0.05, 0.1) is 5.69 Å². The Kier molecular flexibility index (Phi) is 4.35. The van der Waals surface area contributed by atoms with Crippen molar-refractivity contribution in [2.75, 3.05) is 11.9 Å². The molecule has 0 heterocycles. The van der Waals surface area contributed by atoms with Crippen molar-refractivity contribution in [3.05, 3.63) is 59.4 Å². The molecule has 1 N–H and O–H groups in total. The number of ether oxygens (including phenoxy) is 1. The maximum atomic E-state index is 13.4. The number of rotatable bonds is 4. The molecule has 2 rings (SSSR count). The van der Waals surface area contributed by atoms with Crippen LogP contribution in [0.5, 0.6) is 5.75 Å². The highest BCUT2D eigenvalue weighted by Crippen LogP contribution is 2.16. The molecule has 0 aromatic heterocycles. The monoisotopic (exact) mass is 273 g/mol. The third kappa shape index (κ3) is 3.82. The number of carbonyl (C=O) groups excluding carboxylic acids is 1. The lowest BCUT2D eigenvalue weighted by molar-refractivity contribution is -0.118. The summed E-state index contributed by atoms with van der Waals surface area (Å²) in [6, 6.07) is 11.7. The zero-order chi connectivity index (χ0) is 14.5. The van der Waals surface area contributed by atoms with Gasteiger partial charge in [-0.05, 0) is 49.2 Å². The Bertz CT molecular complexity index is 605. The van der Waals surface area contributed by atoms with E-state index < -0.39 is 11.7 Å². The number of hydrogen-bond donors (Lipinski definition) is 1. The van der Waals surface area contributed by atoms with Gasteiger partial charge in [-0.25, -0.2) is 4.39 Å². The summed E-state index contributed by atoms with van der Waals surface area (Å²) in [5.74, 6) is -0.229. The van der Waals surface area contributed by atoms with E-state index in [-0.39, 0.29) is 12.3 Å². The van der Waals surface area contributed by atoms with Crippen molar-refractivity contribution in [2.24, 2.45) is 0 Å². The summed E-state index contributed by atoms with van der Waals surface area (Å²) < 4.78 is 18.8. The molecule has 0 spiro atoms. The van der Waals surface area contributed by atoms with Crippen LogP contribution in [0.3, 0.4) is 0 Å². The van der Waals surface area contributed by atoms with Crippen molar-refractivity contribution >= 4 is 11.6 Å². The van der Waals surface area contributed by atoms with Crippen molar-refractivity contribution in [2.45, 2.75) is 13.8 Å². The van der Waals surface area contributed by atoms with E-state index in [9.17, 15) is 9.18 Å². The van der Waals surface area contributed by atoms with E-state index in [2.05, 4.69) is 5.32 Å². The Labute approximate surface area is 117 Å². The van der Waals surface area contributed by atoms with Gasteiger partial charge in [0.2, 0.25) is 0 Å². The van der Waals surface area contributed by atoms with Gasteiger partial charge in [0.15, 0.2) is 6.61 Å². The molecule has 0 fully saturated rings. The summed E-state index contributed by atoms with van der Waals surface area (Å²) in [6.07, 6.45) is 0. The first-order valence-electron chi connectivity index (χ1n) is 6.30. The second-order valence-electron chi connectivity index (χ2n) is 4.64. The molecule has 104 valence electrons. The highest BCUT2D eigenvalue weighted by Gasteiger charge is 2.07. The number of para-hydroxylation sites is 1. The molecule has 0 saturated carbocycles. The number of anilines is 1. The summed E-state index contributed by atoms with van der Waals surface area (Å²) in [4.78, 5) is 11.7. The van der Waals surface area contributed by atoms with Crippen molar-refractivity contribution in [3.63, 3.8) is 0 Å². The third-order valence-corrected chi connectivity index (χ3v) is 2.71. The van der Waals surface area contributed by atoms with Crippen LogP contribution in [0.2, 0.25) is 0 Å². The van der Waals surface area contributed by atoms with E-state index in [1.54, 1.807) is 12.1 Å². The normalized spacial score (nSPS) is 10.2. The molecule has 0 aliphatic heterocycles. The summed E-state index contributed by atoms with van der Waals surface area (Å²) in [6.45, 7) is 3.76. The number of halogens is 1. The molecule has 0 atom stereocenters. The fourth-order valence-corrected chi connectivity index (χ4v) is 1.91. The van der Waals surface area contributed by atoms with Crippen LogP contribution in [0, 0.1) is 19.7 Å². The Morgan fingerprint density at radius 3 is 2.45 bits per heavy atom. The zero-order valence-electron chi connectivity index (χ0n) is 11.4. The molecule has 0 saturated heterocycles.